The number of carbonyl (C=O) groups is 1. The van der Waals surface area contributed by atoms with E-state index in [1.54, 1.807) is 25.1 Å². The van der Waals surface area contributed by atoms with Crippen LogP contribution in [0.5, 0.6) is 0 Å². The lowest BCUT2D eigenvalue weighted by Gasteiger charge is -2.08. The molecule has 0 unspecified atom stereocenters. The Morgan fingerprint density at radius 3 is 2.89 bits per heavy atom. The third-order valence-electron chi connectivity index (χ3n) is 2.43. The van der Waals surface area contributed by atoms with E-state index in [9.17, 15) is 4.79 Å². The first-order valence-electron chi connectivity index (χ1n) is 5.40. The third-order valence-corrected chi connectivity index (χ3v) is 2.84. The van der Waals surface area contributed by atoms with Gasteiger partial charge in [0.05, 0.1) is 6.42 Å². The largest absolute Gasteiger partial charge is 0.340 e. The summed E-state index contributed by atoms with van der Waals surface area (Å²) in [6, 6.07) is 5.35. The van der Waals surface area contributed by atoms with Crippen LogP contribution < -0.4 is 5.32 Å². The first-order valence-corrected chi connectivity index (χ1v) is 5.78. The highest BCUT2D eigenvalue weighted by Crippen LogP contribution is 2.22. The zero-order valence-corrected chi connectivity index (χ0v) is 10.8. The molecule has 0 aliphatic rings. The summed E-state index contributed by atoms with van der Waals surface area (Å²) < 4.78 is 4.80. The Labute approximate surface area is 109 Å². The van der Waals surface area contributed by atoms with Crippen LogP contribution in [0.1, 0.15) is 17.3 Å². The van der Waals surface area contributed by atoms with E-state index in [1.807, 2.05) is 6.92 Å². The van der Waals surface area contributed by atoms with Crippen molar-refractivity contribution in [3.05, 3.63) is 40.5 Å². The maximum absolute atomic E-state index is 11.8. The number of hydrogen-bond donors (Lipinski definition) is 1. The van der Waals surface area contributed by atoms with Crippen LogP contribution in [-0.2, 0) is 11.2 Å². The number of aryl methyl sites for hydroxylation is 1. The summed E-state index contributed by atoms with van der Waals surface area (Å²) in [6.07, 6.45) is 0.0727. The lowest BCUT2D eigenvalue weighted by molar-refractivity contribution is -0.115. The molecule has 0 radical (unpaired) electrons. The van der Waals surface area contributed by atoms with Gasteiger partial charge in [0.25, 0.3) is 0 Å². The van der Waals surface area contributed by atoms with Gasteiger partial charge in [-0.3, -0.25) is 4.79 Å². The van der Waals surface area contributed by atoms with Gasteiger partial charge in [0.15, 0.2) is 5.82 Å². The second kappa shape index (κ2) is 5.18. The molecule has 1 aromatic carbocycles. The fourth-order valence-corrected chi connectivity index (χ4v) is 1.67. The summed E-state index contributed by atoms with van der Waals surface area (Å²) in [5.41, 5.74) is 1.52. The zero-order valence-electron chi connectivity index (χ0n) is 10.0. The second-order valence-electron chi connectivity index (χ2n) is 3.87. The Kier molecular flexibility index (Phi) is 3.62. The average molecular weight is 266 g/mol. The molecule has 2 aromatic rings. The number of halogens is 1. The van der Waals surface area contributed by atoms with Crippen LogP contribution in [0.25, 0.3) is 0 Å². The van der Waals surface area contributed by atoms with Crippen LogP contribution in [0.4, 0.5) is 5.69 Å². The van der Waals surface area contributed by atoms with Crippen LogP contribution >= 0.6 is 11.6 Å². The number of hydrogen-bond acceptors (Lipinski definition) is 4. The summed E-state index contributed by atoms with van der Waals surface area (Å²) in [4.78, 5) is 15.7. The van der Waals surface area contributed by atoms with Crippen LogP contribution in [0, 0.1) is 13.8 Å². The van der Waals surface area contributed by atoms with Crippen molar-refractivity contribution in [1.82, 2.24) is 10.1 Å². The molecular formula is C12H12ClN3O2. The molecule has 18 heavy (non-hydrogen) atoms. The predicted molar refractivity (Wildman–Crippen MR) is 67.6 cm³/mol. The van der Waals surface area contributed by atoms with Crippen LogP contribution in [-0.4, -0.2) is 16.0 Å². The Hall–Kier alpha value is -1.88. The molecule has 1 N–H and O–H groups in total. The van der Waals surface area contributed by atoms with Gasteiger partial charge in [-0.2, -0.15) is 4.98 Å². The molecule has 1 amide bonds. The summed E-state index contributed by atoms with van der Waals surface area (Å²) in [7, 11) is 0. The molecule has 5 nitrogen and oxygen atoms in total. The molecular weight excluding hydrogens is 254 g/mol. The first kappa shape index (κ1) is 12.6. The molecule has 0 fully saturated rings. The van der Waals surface area contributed by atoms with Crippen molar-refractivity contribution in [2.45, 2.75) is 20.3 Å². The molecule has 0 saturated heterocycles. The van der Waals surface area contributed by atoms with Crippen molar-refractivity contribution in [3.63, 3.8) is 0 Å². The molecule has 0 saturated carbocycles. The van der Waals surface area contributed by atoms with Crippen LogP contribution in [0.3, 0.4) is 0 Å². The fraction of sp³-hybridized carbons (Fsp3) is 0.250. The summed E-state index contributed by atoms with van der Waals surface area (Å²) in [5, 5.41) is 7.04. The number of rotatable bonds is 3. The number of anilines is 1. The molecule has 6 heteroatoms. The normalized spacial score (nSPS) is 10.4. The van der Waals surface area contributed by atoms with Gasteiger partial charge in [-0.25, -0.2) is 0 Å². The van der Waals surface area contributed by atoms with Crippen molar-refractivity contribution in [2.24, 2.45) is 0 Å². The van der Waals surface area contributed by atoms with Crippen molar-refractivity contribution in [2.75, 3.05) is 5.32 Å². The molecule has 1 aromatic heterocycles. The van der Waals surface area contributed by atoms with Gasteiger partial charge in [-0.05, 0) is 24.6 Å². The quantitative estimate of drug-likeness (QED) is 0.926. The van der Waals surface area contributed by atoms with Crippen LogP contribution in [0.15, 0.2) is 22.7 Å². The summed E-state index contributed by atoms with van der Waals surface area (Å²) in [6.45, 7) is 3.52. The lowest BCUT2D eigenvalue weighted by atomic mass is 10.2. The third kappa shape index (κ3) is 2.87. The number of carbonyl (C=O) groups excluding carboxylic acids is 1. The lowest BCUT2D eigenvalue weighted by Crippen LogP contribution is -2.16. The highest BCUT2D eigenvalue weighted by atomic mass is 35.5. The van der Waals surface area contributed by atoms with Gasteiger partial charge in [-0.15, -0.1) is 0 Å². The molecule has 94 valence electrons. The average Bonchev–Trinajstić information content (AvgIpc) is 2.70. The number of amides is 1. The maximum atomic E-state index is 11.8. The van der Waals surface area contributed by atoms with Crippen molar-refractivity contribution >= 4 is 23.2 Å². The van der Waals surface area contributed by atoms with Gasteiger partial charge in [0.2, 0.25) is 11.8 Å². The monoisotopic (exact) mass is 265 g/mol. The Bertz CT molecular complexity index is 580. The van der Waals surface area contributed by atoms with E-state index in [0.717, 1.165) is 5.56 Å². The SMILES string of the molecule is Cc1nc(CC(=O)Nc2cccc(Cl)c2C)no1. The van der Waals surface area contributed by atoms with Gasteiger partial charge in [0, 0.05) is 17.6 Å². The van der Waals surface area contributed by atoms with Gasteiger partial charge < -0.3 is 9.84 Å². The molecule has 0 atom stereocenters. The van der Waals surface area contributed by atoms with Crippen molar-refractivity contribution in [1.29, 1.82) is 0 Å². The molecule has 0 aliphatic heterocycles. The molecule has 0 spiro atoms. The topological polar surface area (TPSA) is 68.0 Å². The Balaban J connectivity index is 2.05. The Morgan fingerprint density at radius 2 is 2.22 bits per heavy atom. The number of benzene rings is 1. The van der Waals surface area contributed by atoms with E-state index in [2.05, 4.69) is 15.5 Å². The number of nitrogens with zero attached hydrogens (tertiary/aromatic N) is 2. The summed E-state index contributed by atoms with van der Waals surface area (Å²) >= 11 is 5.97. The minimum Gasteiger partial charge on any atom is -0.340 e. The molecule has 1 heterocycles. The standard InChI is InChI=1S/C12H12ClN3O2/c1-7-9(13)4-3-5-10(7)15-12(17)6-11-14-8(2)18-16-11/h3-5H,6H2,1-2H3,(H,15,17). The van der Waals surface area contributed by atoms with Crippen molar-refractivity contribution in [3.8, 4) is 0 Å². The zero-order chi connectivity index (χ0) is 13.1. The summed E-state index contributed by atoms with van der Waals surface area (Å²) in [5.74, 6) is 0.600. The van der Waals surface area contributed by atoms with Crippen LogP contribution in [0.2, 0.25) is 5.02 Å². The smallest absolute Gasteiger partial charge is 0.232 e. The Morgan fingerprint density at radius 1 is 1.44 bits per heavy atom. The molecule has 0 bridgehead atoms. The van der Waals surface area contributed by atoms with E-state index >= 15 is 0 Å². The van der Waals surface area contributed by atoms with E-state index in [-0.39, 0.29) is 12.3 Å². The van der Waals surface area contributed by atoms with E-state index in [4.69, 9.17) is 16.1 Å². The second-order valence-corrected chi connectivity index (χ2v) is 4.27. The molecule has 2 rings (SSSR count). The number of nitrogens with one attached hydrogen (secondary N) is 1. The highest BCUT2D eigenvalue weighted by Gasteiger charge is 2.11. The van der Waals surface area contributed by atoms with Crippen molar-refractivity contribution < 1.29 is 9.32 Å². The van der Waals surface area contributed by atoms with E-state index < -0.39 is 0 Å². The minimum absolute atomic E-state index is 0.0727. The van der Waals surface area contributed by atoms with E-state index in [1.165, 1.54) is 0 Å². The van der Waals surface area contributed by atoms with Gasteiger partial charge in [0.1, 0.15) is 0 Å². The van der Waals surface area contributed by atoms with E-state index in [0.29, 0.717) is 22.4 Å². The number of aromatic nitrogens is 2. The highest BCUT2D eigenvalue weighted by molar-refractivity contribution is 6.31. The molecule has 0 aliphatic carbocycles. The maximum Gasteiger partial charge on any atom is 0.232 e. The predicted octanol–water partition coefficient (Wildman–Crippen LogP) is 2.52. The van der Waals surface area contributed by atoms with Gasteiger partial charge >= 0.3 is 0 Å². The fourth-order valence-electron chi connectivity index (χ4n) is 1.49. The minimum atomic E-state index is -0.207. The van der Waals surface area contributed by atoms with Gasteiger partial charge in [-0.1, -0.05) is 22.8 Å². The first-order chi connectivity index (χ1) is 8.56.